The molecule has 0 radical (unpaired) electrons. The molecule has 0 aromatic carbocycles. The fourth-order valence-electron chi connectivity index (χ4n) is 1.81. The molecule has 90 valence electrons. The first-order valence-corrected chi connectivity index (χ1v) is 6.90. The highest BCUT2D eigenvalue weighted by atomic mass is 35.5. The van der Waals surface area contributed by atoms with Crippen LogP contribution in [-0.4, -0.2) is 30.3 Å². The molecule has 0 unspecified atom stereocenters. The van der Waals surface area contributed by atoms with Gasteiger partial charge in [-0.1, -0.05) is 11.6 Å². The van der Waals surface area contributed by atoms with Crippen molar-refractivity contribution in [3.8, 4) is 6.07 Å². The Hall–Kier alpha value is -1.16. The maximum Gasteiger partial charge on any atom is 0.245 e. The summed E-state index contributed by atoms with van der Waals surface area (Å²) in [6.45, 7) is 0.378. The van der Waals surface area contributed by atoms with Crippen molar-refractivity contribution in [1.82, 2.24) is 9.29 Å². The largest absolute Gasteiger partial charge is 0.245 e. The lowest BCUT2D eigenvalue weighted by Crippen LogP contribution is -2.34. The minimum absolute atomic E-state index is 0.0732. The van der Waals surface area contributed by atoms with E-state index >= 15 is 0 Å². The highest BCUT2D eigenvalue weighted by molar-refractivity contribution is 7.89. The molecule has 5 nitrogen and oxygen atoms in total. The van der Waals surface area contributed by atoms with E-state index in [1.54, 1.807) is 0 Å². The predicted molar refractivity (Wildman–Crippen MR) is 61.8 cm³/mol. The first-order chi connectivity index (χ1) is 8.05. The summed E-state index contributed by atoms with van der Waals surface area (Å²) in [7, 11) is -3.63. The second-order valence-corrected chi connectivity index (χ2v) is 6.00. The Morgan fingerprint density at radius 2 is 2.29 bits per heavy atom. The van der Waals surface area contributed by atoms with Crippen LogP contribution in [0.5, 0.6) is 0 Å². The zero-order chi connectivity index (χ0) is 12.5. The van der Waals surface area contributed by atoms with Gasteiger partial charge in [0, 0.05) is 12.7 Å². The molecule has 17 heavy (non-hydrogen) atoms. The molecule has 0 spiro atoms. The van der Waals surface area contributed by atoms with Gasteiger partial charge in [-0.05, 0) is 25.0 Å². The topological polar surface area (TPSA) is 74.1 Å². The Bertz CT molecular complexity index is 550. The van der Waals surface area contributed by atoms with E-state index in [2.05, 4.69) is 4.98 Å². The molecule has 7 heteroatoms. The van der Waals surface area contributed by atoms with Crippen LogP contribution >= 0.6 is 11.6 Å². The Kier molecular flexibility index (Phi) is 3.33. The van der Waals surface area contributed by atoms with Crippen molar-refractivity contribution in [2.75, 3.05) is 6.54 Å². The van der Waals surface area contributed by atoms with Gasteiger partial charge in [-0.15, -0.1) is 0 Å². The smallest absolute Gasteiger partial charge is 0.243 e. The number of nitriles is 1. The Morgan fingerprint density at radius 1 is 1.53 bits per heavy atom. The van der Waals surface area contributed by atoms with Crippen molar-refractivity contribution in [2.24, 2.45) is 0 Å². The van der Waals surface area contributed by atoms with E-state index in [4.69, 9.17) is 16.9 Å². The van der Waals surface area contributed by atoms with E-state index in [0.29, 0.717) is 19.4 Å². The van der Waals surface area contributed by atoms with Crippen LogP contribution in [0.4, 0.5) is 0 Å². The second-order valence-electron chi connectivity index (χ2n) is 3.72. The molecule has 0 saturated carbocycles. The van der Waals surface area contributed by atoms with Crippen LogP contribution in [0.2, 0.25) is 5.15 Å². The van der Waals surface area contributed by atoms with Gasteiger partial charge in [0.2, 0.25) is 10.0 Å². The van der Waals surface area contributed by atoms with Gasteiger partial charge < -0.3 is 0 Å². The van der Waals surface area contributed by atoms with Gasteiger partial charge in [0.05, 0.1) is 6.07 Å². The molecule has 1 aliphatic heterocycles. The van der Waals surface area contributed by atoms with Crippen molar-refractivity contribution in [2.45, 2.75) is 23.8 Å². The monoisotopic (exact) mass is 271 g/mol. The van der Waals surface area contributed by atoms with Crippen LogP contribution in [0, 0.1) is 11.3 Å². The molecule has 1 aliphatic rings. The lowest BCUT2D eigenvalue weighted by molar-refractivity contribution is 0.437. The number of hydrogen-bond acceptors (Lipinski definition) is 4. The fourth-order valence-corrected chi connectivity index (χ4v) is 3.47. The highest BCUT2D eigenvalue weighted by Crippen LogP contribution is 2.25. The third-order valence-electron chi connectivity index (χ3n) is 2.66. The number of sulfonamides is 1. The van der Waals surface area contributed by atoms with Crippen LogP contribution in [0.3, 0.4) is 0 Å². The summed E-state index contributed by atoms with van der Waals surface area (Å²) in [6.07, 6.45) is 2.50. The van der Waals surface area contributed by atoms with E-state index in [0.717, 1.165) is 0 Å². The Labute approximate surface area is 105 Å². The summed E-state index contributed by atoms with van der Waals surface area (Å²) in [4.78, 5) is 3.82. The van der Waals surface area contributed by atoms with Crippen LogP contribution in [-0.2, 0) is 10.0 Å². The second kappa shape index (κ2) is 4.61. The van der Waals surface area contributed by atoms with Gasteiger partial charge in [-0.25, -0.2) is 13.4 Å². The number of aromatic nitrogens is 1. The number of rotatable bonds is 2. The summed E-state index contributed by atoms with van der Waals surface area (Å²) < 4.78 is 25.6. The van der Waals surface area contributed by atoms with Gasteiger partial charge in [-0.3, -0.25) is 0 Å². The minimum atomic E-state index is -3.63. The molecule has 1 saturated heterocycles. The van der Waals surface area contributed by atoms with Crippen LogP contribution in [0.15, 0.2) is 23.2 Å². The molecular formula is C10H10ClN3O2S. The third-order valence-corrected chi connectivity index (χ3v) is 4.77. The van der Waals surface area contributed by atoms with Gasteiger partial charge in [0.25, 0.3) is 0 Å². The van der Waals surface area contributed by atoms with Crippen molar-refractivity contribution < 1.29 is 8.42 Å². The summed E-state index contributed by atoms with van der Waals surface area (Å²) >= 11 is 5.61. The SMILES string of the molecule is N#C[C@@H]1CCCN1S(=O)(=O)c1ccc(Cl)nc1. The fraction of sp³-hybridized carbons (Fsp3) is 0.400. The molecule has 0 N–H and O–H groups in total. The zero-order valence-electron chi connectivity index (χ0n) is 8.88. The molecule has 0 aliphatic carbocycles. The van der Waals surface area contributed by atoms with Gasteiger partial charge in [-0.2, -0.15) is 9.57 Å². The molecule has 2 rings (SSSR count). The number of nitrogens with zero attached hydrogens (tertiary/aromatic N) is 3. The summed E-state index contributed by atoms with van der Waals surface area (Å²) in [6, 6.07) is 4.25. The van der Waals surface area contributed by atoms with E-state index in [1.807, 2.05) is 6.07 Å². The Morgan fingerprint density at radius 3 is 2.88 bits per heavy atom. The van der Waals surface area contributed by atoms with Crippen molar-refractivity contribution in [3.63, 3.8) is 0 Å². The summed E-state index contributed by atoms with van der Waals surface area (Å²) in [5.41, 5.74) is 0. The molecule has 0 bridgehead atoms. The Balaban J connectivity index is 2.37. The van der Waals surface area contributed by atoms with Gasteiger partial charge >= 0.3 is 0 Å². The average molecular weight is 272 g/mol. The number of pyridine rings is 1. The van der Waals surface area contributed by atoms with Crippen molar-refractivity contribution in [1.29, 1.82) is 5.26 Å². The van der Waals surface area contributed by atoms with E-state index in [-0.39, 0.29) is 10.0 Å². The molecular weight excluding hydrogens is 262 g/mol. The summed E-state index contributed by atoms with van der Waals surface area (Å²) in [5, 5.41) is 9.14. The molecule has 0 amide bonds. The first kappa shape index (κ1) is 12.3. The summed E-state index contributed by atoms with van der Waals surface area (Å²) in [5.74, 6) is 0. The minimum Gasteiger partial charge on any atom is -0.243 e. The van der Waals surface area contributed by atoms with Crippen LogP contribution in [0.25, 0.3) is 0 Å². The van der Waals surface area contributed by atoms with Gasteiger partial charge in [0.15, 0.2) is 0 Å². The van der Waals surface area contributed by atoms with Gasteiger partial charge in [0.1, 0.15) is 16.1 Å². The van der Waals surface area contributed by atoms with Crippen LogP contribution < -0.4 is 0 Å². The quantitative estimate of drug-likeness (QED) is 0.763. The molecule has 1 fully saturated rings. The lowest BCUT2D eigenvalue weighted by atomic mass is 10.2. The standard InChI is InChI=1S/C10H10ClN3O2S/c11-10-4-3-9(7-13-10)17(15,16)14-5-1-2-8(14)6-12/h3-4,7-8H,1-2,5H2/t8-/m0/s1. The van der Waals surface area contributed by atoms with Crippen molar-refractivity contribution >= 4 is 21.6 Å². The lowest BCUT2D eigenvalue weighted by Gasteiger charge is -2.18. The maximum absolute atomic E-state index is 12.2. The van der Waals surface area contributed by atoms with E-state index in [9.17, 15) is 8.42 Å². The molecule has 2 heterocycles. The molecule has 1 aromatic heterocycles. The highest BCUT2D eigenvalue weighted by Gasteiger charge is 2.35. The zero-order valence-corrected chi connectivity index (χ0v) is 10.4. The normalized spacial score (nSPS) is 21.3. The van der Waals surface area contributed by atoms with Crippen molar-refractivity contribution in [3.05, 3.63) is 23.5 Å². The third kappa shape index (κ3) is 2.27. The average Bonchev–Trinajstić information content (AvgIpc) is 2.78. The molecule has 1 aromatic rings. The van der Waals surface area contributed by atoms with E-state index < -0.39 is 16.1 Å². The maximum atomic E-state index is 12.2. The number of hydrogen-bond donors (Lipinski definition) is 0. The number of halogens is 1. The van der Waals surface area contributed by atoms with Crippen LogP contribution in [0.1, 0.15) is 12.8 Å². The van der Waals surface area contributed by atoms with E-state index in [1.165, 1.54) is 22.6 Å². The first-order valence-electron chi connectivity index (χ1n) is 5.09. The molecule has 1 atom stereocenters. The predicted octanol–water partition coefficient (Wildman–Crippen LogP) is 1.41.